The Bertz CT molecular complexity index is 1920. The van der Waals surface area contributed by atoms with E-state index in [-0.39, 0.29) is 30.0 Å². The smallest absolute Gasteiger partial charge is 0.246 e. The molecule has 21 heteroatoms. The maximum atomic E-state index is 14.5. The topological polar surface area (TPSA) is 309 Å². The van der Waals surface area contributed by atoms with Crippen LogP contribution in [0, 0.1) is 0 Å². The van der Waals surface area contributed by atoms with E-state index < -0.39 is 131 Å². The second kappa shape index (κ2) is 17.0. The summed E-state index contributed by atoms with van der Waals surface area (Å²) in [6.07, 6.45) is -3.99. The standard InChI is InChI=1S/C35H48N8O12S/c1-15-27(47)38-22-10-20-19-7-5-6-8-21(19)41-33(20)56(55)13-24(34(53)43-12-18(46)9-25(43)31(51)37-15)40-32(52)26(17(3)45)42-28(48)16(2)36-30(50)23(39-29(22)49)11-35(4,54)14-44/h5-8,15-18,22-26,41,44-46,54H,9-14H2,1-4H3,(H,36,50)(H,37,51)(H,38,47)(H,39,49)(H,40,52)(H,42,48)/t15-,16-,17-,18+,22-,23-,24+,25-,26+,35+,56?/m0/s1. The zero-order valence-electron chi connectivity index (χ0n) is 31.2. The Labute approximate surface area is 323 Å². The number of carbonyl (C=O) groups is 7. The first kappa shape index (κ1) is 42.2. The molecule has 0 spiro atoms. The molecule has 2 aromatic rings. The van der Waals surface area contributed by atoms with Crippen molar-refractivity contribution in [1.29, 1.82) is 0 Å². The van der Waals surface area contributed by atoms with Gasteiger partial charge in [0, 0.05) is 36.7 Å². The molecular formula is C35H48N8O12S. The van der Waals surface area contributed by atoms with Gasteiger partial charge in [0.2, 0.25) is 41.4 Å². The van der Waals surface area contributed by atoms with E-state index in [1.54, 1.807) is 24.3 Å². The van der Waals surface area contributed by atoms with E-state index in [2.05, 4.69) is 36.9 Å². The summed E-state index contributed by atoms with van der Waals surface area (Å²) in [5, 5.41) is 57.1. The fourth-order valence-electron chi connectivity index (χ4n) is 6.88. The van der Waals surface area contributed by atoms with Crippen molar-refractivity contribution in [3.8, 4) is 0 Å². The van der Waals surface area contributed by atoms with E-state index in [0.717, 1.165) is 4.90 Å². The maximum Gasteiger partial charge on any atom is 0.246 e. The first-order valence-corrected chi connectivity index (χ1v) is 19.4. The van der Waals surface area contributed by atoms with Gasteiger partial charge in [0.05, 0.1) is 41.0 Å². The molecule has 1 aromatic carbocycles. The predicted octanol–water partition coefficient (Wildman–Crippen LogP) is -4.73. The molecular weight excluding hydrogens is 756 g/mol. The van der Waals surface area contributed by atoms with E-state index in [1.807, 2.05) is 0 Å². The number of nitrogens with zero attached hydrogens (tertiary/aromatic N) is 1. The quantitative estimate of drug-likeness (QED) is 0.139. The number of carbonyl (C=O) groups excluding carboxylic acids is 7. The van der Waals surface area contributed by atoms with Gasteiger partial charge in [-0.1, -0.05) is 18.2 Å². The summed E-state index contributed by atoms with van der Waals surface area (Å²) in [5.74, 6) is -7.35. The number of para-hydroxylation sites is 1. The van der Waals surface area contributed by atoms with Crippen molar-refractivity contribution in [3.05, 3.63) is 29.8 Å². The van der Waals surface area contributed by atoms with Gasteiger partial charge in [-0.2, -0.15) is 0 Å². The normalized spacial score (nSPS) is 31.8. The lowest BCUT2D eigenvalue weighted by molar-refractivity contribution is -0.142. The van der Waals surface area contributed by atoms with Crippen molar-refractivity contribution in [2.75, 3.05) is 18.9 Å². The lowest BCUT2D eigenvalue weighted by Gasteiger charge is -2.31. The van der Waals surface area contributed by atoms with Crippen LogP contribution in [-0.4, -0.2) is 155 Å². The summed E-state index contributed by atoms with van der Waals surface area (Å²) in [6, 6.07) is -4.05. The van der Waals surface area contributed by atoms with Crippen LogP contribution >= 0.6 is 0 Å². The Morgan fingerprint density at radius 2 is 1.48 bits per heavy atom. The Balaban J connectivity index is 1.72. The summed E-state index contributed by atoms with van der Waals surface area (Å²) < 4.78 is 14.5. The van der Waals surface area contributed by atoms with Gasteiger partial charge >= 0.3 is 0 Å². The largest absolute Gasteiger partial charge is 0.393 e. The fraction of sp³-hybridized carbons (Fsp3) is 0.571. The molecule has 7 amide bonds. The Kier molecular flexibility index (Phi) is 12.8. The number of amides is 7. The molecule has 1 saturated heterocycles. The lowest BCUT2D eigenvalue weighted by Crippen LogP contribution is -2.62. The van der Waals surface area contributed by atoms with Gasteiger partial charge in [-0.05, 0) is 39.3 Å². The first-order valence-electron chi connectivity index (χ1n) is 18.1. The second-order valence-electron chi connectivity index (χ2n) is 14.8. The van der Waals surface area contributed by atoms with Crippen LogP contribution < -0.4 is 31.9 Å². The van der Waals surface area contributed by atoms with E-state index in [0.29, 0.717) is 10.9 Å². The summed E-state index contributed by atoms with van der Waals surface area (Å²) in [7, 11) is -2.22. The molecule has 11 N–H and O–H groups in total. The van der Waals surface area contributed by atoms with E-state index in [1.165, 1.54) is 27.7 Å². The third kappa shape index (κ3) is 9.35. The minimum Gasteiger partial charge on any atom is -0.393 e. The SMILES string of the molecule is C[C@@H]1NC(=O)[C@H](C[C@@](C)(O)CO)NC(=O)[C@@H]2Cc3c([nH]c4ccccc34)S(=O)C[C@@H](NC(=O)[C@@H]([C@H](C)O)NC1=O)C(=O)N1C[C@H](O)C[C@H]1C(=O)N[C@@H](C)C(=O)N2. The molecule has 0 radical (unpaired) electrons. The molecule has 5 rings (SSSR count). The van der Waals surface area contributed by atoms with Crippen LogP contribution in [0.4, 0.5) is 0 Å². The first-order chi connectivity index (χ1) is 26.3. The van der Waals surface area contributed by atoms with E-state index in [9.17, 15) is 58.2 Å². The van der Waals surface area contributed by atoms with Crippen LogP contribution in [0.1, 0.15) is 46.1 Å². The van der Waals surface area contributed by atoms with E-state index in [4.69, 9.17) is 0 Å². The Hall–Kier alpha value is -4.96. The molecule has 2 bridgehead atoms. The zero-order valence-corrected chi connectivity index (χ0v) is 32.0. The minimum absolute atomic E-state index is 0.00764. The average Bonchev–Trinajstić information content (AvgIpc) is 3.71. The molecule has 1 fully saturated rings. The Morgan fingerprint density at radius 3 is 2.14 bits per heavy atom. The van der Waals surface area contributed by atoms with Crippen molar-refractivity contribution in [1.82, 2.24) is 41.8 Å². The number of H-pyrrole nitrogens is 1. The van der Waals surface area contributed by atoms with Crippen LogP contribution in [0.2, 0.25) is 0 Å². The highest BCUT2D eigenvalue weighted by atomic mass is 32.2. The monoisotopic (exact) mass is 804 g/mol. The molecule has 4 heterocycles. The highest BCUT2D eigenvalue weighted by Crippen LogP contribution is 2.28. The number of aromatic nitrogens is 1. The molecule has 56 heavy (non-hydrogen) atoms. The number of aliphatic hydroxyl groups excluding tert-OH is 3. The summed E-state index contributed by atoms with van der Waals surface area (Å²) >= 11 is 0. The molecule has 3 aliphatic heterocycles. The van der Waals surface area contributed by atoms with Crippen molar-refractivity contribution >= 4 is 63.1 Å². The van der Waals surface area contributed by atoms with Crippen LogP contribution in [-0.2, 0) is 50.8 Å². The minimum atomic E-state index is -2.22. The fourth-order valence-corrected chi connectivity index (χ4v) is 8.27. The lowest BCUT2D eigenvalue weighted by atomic mass is 9.96. The maximum absolute atomic E-state index is 14.5. The van der Waals surface area contributed by atoms with Gasteiger partial charge in [0.15, 0.2) is 0 Å². The average molecular weight is 805 g/mol. The predicted molar refractivity (Wildman–Crippen MR) is 196 cm³/mol. The Morgan fingerprint density at radius 1 is 0.857 bits per heavy atom. The number of aliphatic hydroxyl groups is 4. The molecule has 3 aliphatic rings. The van der Waals surface area contributed by atoms with Crippen molar-refractivity contribution in [3.63, 3.8) is 0 Å². The summed E-state index contributed by atoms with van der Waals surface area (Å²) in [4.78, 5) is 101. The van der Waals surface area contributed by atoms with Crippen LogP contribution in [0.3, 0.4) is 0 Å². The zero-order chi connectivity index (χ0) is 41.2. The van der Waals surface area contributed by atoms with Gasteiger partial charge in [-0.25, -0.2) is 0 Å². The van der Waals surface area contributed by atoms with Crippen molar-refractivity contribution in [2.24, 2.45) is 0 Å². The molecule has 306 valence electrons. The molecule has 0 aliphatic carbocycles. The number of aromatic amines is 1. The summed E-state index contributed by atoms with van der Waals surface area (Å²) in [5.41, 5.74) is -1.22. The van der Waals surface area contributed by atoms with Gasteiger partial charge in [0.25, 0.3) is 0 Å². The molecule has 1 aromatic heterocycles. The van der Waals surface area contributed by atoms with Crippen LogP contribution in [0.25, 0.3) is 10.9 Å². The number of nitrogens with one attached hydrogen (secondary N) is 7. The third-order valence-electron chi connectivity index (χ3n) is 10.0. The van der Waals surface area contributed by atoms with Gasteiger partial charge in [-0.15, -0.1) is 0 Å². The van der Waals surface area contributed by atoms with Crippen LogP contribution in [0.5, 0.6) is 0 Å². The highest BCUT2D eigenvalue weighted by Gasteiger charge is 2.44. The number of benzene rings is 1. The molecule has 0 saturated carbocycles. The molecule has 20 nitrogen and oxygen atoms in total. The number of hydrogen-bond acceptors (Lipinski definition) is 12. The third-order valence-corrected chi connectivity index (χ3v) is 11.5. The highest BCUT2D eigenvalue weighted by molar-refractivity contribution is 7.85. The summed E-state index contributed by atoms with van der Waals surface area (Å²) in [6.45, 7) is 3.73. The molecule has 11 atom stereocenters. The second-order valence-corrected chi connectivity index (χ2v) is 16.3. The number of hydrogen-bond donors (Lipinski definition) is 11. The van der Waals surface area contributed by atoms with Gasteiger partial charge in [0.1, 0.15) is 47.3 Å². The van der Waals surface area contributed by atoms with Crippen molar-refractivity contribution < 1.29 is 58.2 Å². The molecule has 1 unspecified atom stereocenters. The van der Waals surface area contributed by atoms with E-state index >= 15 is 0 Å². The van der Waals surface area contributed by atoms with Gasteiger partial charge in [-0.3, -0.25) is 37.8 Å². The van der Waals surface area contributed by atoms with Gasteiger partial charge < -0.3 is 62.2 Å². The van der Waals surface area contributed by atoms with Crippen molar-refractivity contribution in [2.45, 2.75) is 112 Å². The number of rotatable bonds is 4. The van der Waals surface area contributed by atoms with Crippen LogP contribution in [0.15, 0.2) is 29.3 Å². The number of fused-ring (bicyclic) bond motifs is 5.